The van der Waals surface area contributed by atoms with Crippen molar-refractivity contribution in [2.45, 2.75) is 43.5 Å². The van der Waals surface area contributed by atoms with Crippen LogP contribution in [0.1, 0.15) is 59.2 Å². The Labute approximate surface area is 190 Å². The average Bonchev–Trinajstić information content (AvgIpc) is 3.32. The van der Waals surface area contributed by atoms with Gasteiger partial charge in [-0.2, -0.15) is 26.3 Å². The Morgan fingerprint density at radius 1 is 0.941 bits per heavy atom. The molecule has 0 aliphatic rings. The maximum Gasteiger partial charge on any atom is 0.416 e. The van der Waals surface area contributed by atoms with Crippen molar-refractivity contribution in [1.82, 2.24) is 10.5 Å². The summed E-state index contributed by atoms with van der Waals surface area (Å²) in [5.41, 5.74) is 0.721. The lowest BCUT2D eigenvalue weighted by Gasteiger charge is -2.28. The third kappa shape index (κ3) is 5.77. The van der Waals surface area contributed by atoms with Gasteiger partial charge in [0.05, 0.1) is 17.3 Å². The molecule has 0 saturated carbocycles. The lowest BCUT2D eigenvalue weighted by atomic mass is 9.77. The zero-order chi connectivity index (χ0) is 25.1. The summed E-state index contributed by atoms with van der Waals surface area (Å²) in [4.78, 5) is 16.3. The van der Waals surface area contributed by atoms with Crippen LogP contribution in [0.5, 0.6) is 0 Å². The maximum absolute atomic E-state index is 13.0. The first-order chi connectivity index (χ1) is 15.9. The van der Waals surface area contributed by atoms with E-state index in [-0.39, 0.29) is 12.3 Å². The zero-order valence-electron chi connectivity index (χ0n) is 17.7. The van der Waals surface area contributed by atoms with Gasteiger partial charge in [-0.1, -0.05) is 31.2 Å². The van der Waals surface area contributed by atoms with Gasteiger partial charge in [-0.15, -0.1) is 0 Å². The van der Waals surface area contributed by atoms with Crippen LogP contribution in [0.2, 0.25) is 0 Å². The van der Waals surface area contributed by atoms with Crippen molar-refractivity contribution in [1.29, 1.82) is 0 Å². The van der Waals surface area contributed by atoms with Crippen LogP contribution in [0.15, 0.2) is 65.4 Å². The number of hydroxylamine groups is 1. The minimum absolute atomic E-state index is 0.0249. The number of halogens is 6. The average molecular weight is 486 g/mol. The number of nitrogens with one attached hydrogen (secondary N) is 1. The van der Waals surface area contributed by atoms with E-state index in [4.69, 9.17) is 4.42 Å². The zero-order valence-corrected chi connectivity index (χ0v) is 17.7. The molecule has 0 aliphatic heterocycles. The van der Waals surface area contributed by atoms with Gasteiger partial charge in [0.1, 0.15) is 12.2 Å². The fourth-order valence-electron chi connectivity index (χ4n) is 3.81. The monoisotopic (exact) mass is 486 g/mol. The van der Waals surface area contributed by atoms with Gasteiger partial charge >= 0.3 is 12.4 Å². The quantitative estimate of drug-likeness (QED) is 0.234. The summed E-state index contributed by atoms with van der Waals surface area (Å²) in [7, 11) is 0. The molecule has 1 heterocycles. The van der Waals surface area contributed by atoms with Crippen LogP contribution in [-0.4, -0.2) is 16.1 Å². The molecule has 2 N–H and O–H groups in total. The van der Waals surface area contributed by atoms with Crippen LogP contribution >= 0.6 is 0 Å². The SMILES string of the molecule is CC(c1ccc(C(F)(F)F)cc1)C(CC(C(=O)NO)c1ncco1)c1ccc(C(F)(F)F)cc1. The molecule has 2 aromatic carbocycles. The van der Waals surface area contributed by atoms with Crippen LogP contribution in [0.4, 0.5) is 26.3 Å². The van der Waals surface area contributed by atoms with Gasteiger partial charge < -0.3 is 4.42 Å². The van der Waals surface area contributed by atoms with E-state index in [1.54, 1.807) is 6.92 Å². The number of hydrogen-bond acceptors (Lipinski definition) is 4. The third-order valence-electron chi connectivity index (χ3n) is 5.70. The molecule has 11 heteroatoms. The standard InChI is InChI=1S/C23H20F6N2O3/c1-13(14-2-6-16(7-3-14)22(24,25)26)18(15-4-8-17(9-5-15)23(27,28)29)12-19(20(32)31-33)21-30-10-11-34-21/h2-11,13,18-19,33H,12H2,1H3,(H,31,32). The Kier molecular flexibility index (Phi) is 7.35. The van der Waals surface area contributed by atoms with E-state index in [1.165, 1.54) is 42.2 Å². The molecule has 0 bridgehead atoms. The molecule has 1 amide bonds. The second kappa shape index (κ2) is 9.88. The first kappa shape index (κ1) is 25.3. The molecule has 0 radical (unpaired) electrons. The van der Waals surface area contributed by atoms with E-state index in [2.05, 4.69) is 4.98 Å². The van der Waals surface area contributed by atoms with Crippen molar-refractivity contribution in [3.05, 3.63) is 89.1 Å². The number of rotatable bonds is 7. The van der Waals surface area contributed by atoms with E-state index in [0.717, 1.165) is 24.3 Å². The number of nitrogens with zero attached hydrogens (tertiary/aromatic N) is 1. The van der Waals surface area contributed by atoms with Gasteiger partial charge in [0.15, 0.2) is 0 Å². The first-order valence-corrected chi connectivity index (χ1v) is 10.1. The van der Waals surface area contributed by atoms with Crippen LogP contribution in [0.3, 0.4) is 0 Å². The molecule has 3 atom stereocenters. The molecule has 182 valence electrons. The van der Waals surface area contributed by atoms with E-state index in [1.807, 2.05) is 0 Å². The highest BCUT2D eigenvalue weighted by atomic mass is 19.4. The Morgan fingerprint density at radius 2 is 1.44 bits per heavy atom. The lowest BCUT2D eigenvalue weighted by molar-refractivity contribution is -0.138. The molecule has 3 aromatic rings. The summed E-state index contributed by atoms with van der Waals surface area (Å²) < 4.78 is 83.2. The highest BCUT2D eigenvalue weighted by Crippen LogP contribution is 2.41. The predicted octanol–water partition coefficient (Wildman–Crippen LogP) is 6.28. The number of carbonyl (C=O) groups is 1. The molecule has 1 aromatic heterocycles. The summed E-state index contributed by atoms with van der Waals surface area (Å²) in [6, 6.07) is 8.73. The summed E-state index contributed by atoms with van der Waals surface area (Å²) in [5, 5.41) is 9.18. The van der Waals surface area contributed by atoms with Crippen molar-refractivity contribution >= 4 is 5.91 Å². The number of amides is 1. The van der Waals surface area contributed by atoms with Crippen molar-refractivity contribution in [3.8, 4) is 0 Å². The van der Waals surface area contributed by atoms with Crippen LogP contribution in [-0.2, 0) is 17.1 Å². The largest absolute Gasteiger partial charge is 0.448 e. The van der Waals surface area contributed by atoms with Crippen LogP contribution in [0.25, 0.3) is 0 Å². The molecule has 0 aliphatic carbocycles. The van der Waals surface area contributed by atoms with Gasteiger partial charge in [0.2, 0.25) is 5.89 Å². The minimum Gasteiger partial charge on any atom is -0.448 e. The number of benzene rings is 2. The van der Waals surface area contributed by atoms with Gasteiger partial charge in [-0.3, -0.25) is 10.0 Å². The van der Waals surface area contributed by atoms with Crippen molar-refractivity contribution in [2.24, 2.45) is 0 Å². The third-order valence-corrected chi connectivity index (χ3v) is 5.70. The summed E-state index contributed by atoms with van der Waals surface area (Å²) in [5.74, 6) is -3.15. The van der Waals surface area contributed by atoms with Crippen molar-refractivity contribution in [3.63, 3.8) is 0 Å². The molecule has 0 saturated heterocycles. The number of oxazole rings is 1. The Balaban J connectivity index is 2.01. The Morgan fingerprint density at radius 3 is 1.85 bits per heavy atom. The topological polar surface area (TPSA) is 75.4 Å². The van der Waals surface area contributed by atoms with Crippen molar-refractivity contribution in [2.75, 3.05) is 0 Å². The van der Waals surface area contributed by atoms with E-state index < -0.39 is 47.1 Å². The molecule has 5 nitrogen and oxygen atoms in total. The van der Waals surface area contributed by atoms with Gasteiger partial charge in [-0.25, -0.2) is 10.5 Å². The smallest absolute Gasteiger partial charge is 0.416 e. The van der Waals surface area contributed by atoms with Crippen molar-refractivity contribution < 1.29 is 40.8 Å². The predicted molar refractivity (Wildman–Crippen MR) is 108 cm³/mol. The molecular formula is C23H20F6N2O3. The molecule has 34 heavy (non-hydrogen) atoms. The number of aromatic nitrogens is 1. The van der Waals surface area contributed by atoms with Crippen LogP contribution < -0.4 is 5.48 Å². The Hall–Kier alpha value is -3.34. The molecule has 3 rings (SSSR count). The lowest BCUT2D eigenvalue weighted by Crippen LogP contribution is -2.28. The van der Waals surface area contributed by atoms with E-state index >= 15 is 0 Å². The second-order valence-corrected chi connectivity index (χ2v) is 7.77. The fourth-order valence-corrected chi connectivity index (χ4v) is 3.81. The molecule has 0 fully saturated rings. The summed E-state index contributed by atoms with van der Waals surface area (Å²) in [6.45, 7) is 1.69. The highest BCUT2D eigenvalue weighted by molar-refractivity contribution is 5.81. The number of hydrogen-bond donors (Lipinski definition) is 2. The molecule has 0 spiro atoms. The Bertz CT molecular complexity index is 1080. The van der Waals surface area contributed by atoms with Gasteiger partial charge in [-0.05, 0) is 53.6 Å². The molecular weight excluding hydrogens is 466 g/mol. The molecule has 3 unspecified atom stereocenters. The van der Waals surface area contributed by atoms with E-state index in [9.17, 15) is 36.3 Å². The van der Waals surface area contributed by atoms with Crippen LogP contribution in [0, 0.1) is 0 Å². The summed E-state index contributed by atoms with van der Waals surface area (Å²) >= 11 is 0. The second-order valence-electron chi connectivity index (χ2n) is 7.77. The van der Waals surface area contributed by atoms with Gasteiger partial charge in [0.25, 0.3) is 5.91 Å². The summed E-state index contributed by atoms with van der Waals surface area (Å²) in [6.07, 6.45) is -6.62. The number of carbonyl (C=O) groups excluding carboxylic acids is 1. The maximum atomic E-state index is 13.0. The number of alkyl halides is 6. The highest BCUT2D eigenvalue weighted by Gasteiger charge is 2.35. The first-order valence-electron chi connectivity index (χ1n) is 10.1. The van der Waals surface area contributed by atoms with E-state index in [0.29, 0.717) is 11.1 Å². The van der Waals surface area contributed by atoms with Gasteiger partial charge in [0, 0.05) is 0 Å². The fraction of sp³-hybridized carbons (Fsp3) is 0.304. The minimum atomic E-state index is -4.55. The normalized spacial score (nSPS) is 14.9.